The maximum absolute atomic E-state index is 14.0. The Hall–Kier alpha value is -3.98. The van der Waals surface area contributed by atoms with Crippen molar-refractivity contribution in [2.75, 3.05) is 20.1 Å². The van der Waals surface area contributed by atoms with Gasteiger partial charge in [-0.05, 0) is 31.2 Å². The SMILES string of the molecule is CN(CCc1ccccc1)CCc1oc(=O)[nH]c1-c1ccccc1F.O=C(O)/C=C\C(=O)O. The number of nitrogens with one attached hydrogen (secondary N) is 1. The van der Waals surface area contributed by atoms with Crippen molar-refractivity contribution in [2.45, 2.75) is 12.8 Å². The molecule has 8 nitrogen and oxygen atoms in total. The van der Waals surface area contributed by atoms with Gasteiger partial charge in [-0.2, -0.15) is 0 Å². The Kier molecular flexibility index (Phi) is 9.79. The predicted octanol–water partition coefficient (Wildman–Crippen LogP) is 3.20. The first-order valence-electron chi connectivity index (χ1n) is 10.1. The van der Waals surface area contributed by atoms with Crippen LogP contribution in [0.25, 0.3) is 11.3 Å². The van der Waals surface area contributed by atoms with Crippen LogP contribution in [0.5, 0.6) is 0 Å². The normalized spacial score (nSPS) is 10.8. The fourth-order valence-corrected chi connectivity index (χ4v) is 2.93. The highest BCUT2D eigenvalue weighted by molar-refractivity contribution is 5.89. The van der Waals surface area contributed by atoms with Crippen LogP contribution in [0.15, 0.2) is 76.0 Å². The molecule has 0 unspecified atom stereocenters. The fraction of sp³-hybridized carbons (Fsp3) is 0.208. The molecule has 0 bridgehead atoms. The highest BCUT2D eigenvalue weighted by Gasteiger charge is 2.15. The highest BCUT2D eigenvalue weighted by Crippen LogP contribution is 2.23. The molecule has 1 aromatic heterocycles. The summed E-state index contributed by atoms with van der Waals surface area (Å²) in [6.45, 7) is 1.61. The molecule has 0 saturated heterocycles. The molecule has 33 heavy (non-hydrogen) atoms. The summed E-state index contributed by atoms with van der Waals surface area (Å²) in [5.41, 5.74) is 2.07. The molecule has 0 spiro atoms. The first-order valence-corrected chi connectivity index (χ1v) is 10.1. The Morgan fingerprint density at radius 3 is 2.15 bits per heavy atom. The molecule has 2 aromatic carbocycles. The minimum Gasteiger partial charge on any atom is -0.478 e. The number of carboxylic acids is 2. The summed E-state index contributed by atoms with van der Waals surface area (Å²) in [6.07, 6.45) is 2.60. The number of halogens is 1. The van der Waals surface area contributed by atoms with Gasteiger partial charge in [-0.1, -0.05) is 42.5 Å². The van der Waals surface area contributed by atoms with E-state index >= 15 is 0 Å². The van der Waals surface area contributed by atoms with Gasteiger partial charge in [-0.25, -0.2) is 18.8 Å². The molecule has 0 fully saturated rings. The van der Waals surface area contributed by atoms with Crippen molar-refractivity contribution in [3.8, 4) is 11.3 Å². The summed E-state index contributed by atoms with van der Waals surface area (Å²) in [6, 6.07) is 16.6. The van der Waals surface area contributed by atoms with E-state index in [2.05, 4.69) is 22.0 Å². The van der Waals surface area contributed by atoms with Crippen molar-refractivity contribution in [3.05, 3.63) is 94.4 Å². The van der Waals surface area contributed by atoms with E-state index in [0.717, 1.165) is 19.5 Å². The molecule has 0 atom stereocenters. The zero-order valence-electron chi connectivity index (χ0n) is 18.0. The van der Waals surface area contributed by atoms with Gasteiger partial charge in [-0.3, -0.25) is 4.98 Å². The second-order valence-corrected chi connectivity index (χ2v) is 7.09. The molecular weight excluding hydrogens is 431 g/mol. The van der Waals surface area contributed by atoms with E-state index in [0.29, 0.717) is 35.6 Å². The largest absolute Gasteiger partial charge is 0.478 e. The molecule has 0 aliphatic carbocycles. The van der Waals surface area contributed by atoms with Crippen LogP contribution in [0.3, 0.4) is 0 Å². The number of aromatic amines is 1. The lowest BCUT2D eigenvalue weighted by Gasteiger charge is -2.16. The standard InChI is InChI=1S/C20H21FN2O2.C4H4O4/c1-23(13-11-15-7-3-2-4-8-15)14-12-18-19(22-20(24)25-18)16-9-5-6-10-17(16)21;5-3(6)1-2-4(7)8/h2-10H,11-14H2,1H3,(H,22,24);1-2H,(H,5,6)(H,7,8)/b;2-1-. The van der Waals surface area contributed by atoms with E-state index < -0.39 is 17.7 Å². The van der Waals surface area contributed by atoms with Gasteiger partial charge in [0.1, 0.15) is 11.6 Å². The third-order valence-electron chi connectivity index (χ3n) is 4.58. The van der Waals surface area contributed by atoms with Gasteiger partial charge in [0.2, 0.25) is 0 Å². The molecule has 0 radical (unpaired) electrons. The number of H-pyrrole nitrogens is 1. The monoisotopic (exact) mass is 456 g/mol. The van der Waals surface area contributed by atoms with Crippen LogP contribution in [-0.4, -0.2) is 52.2 Å². The number of oxazole rings is 1. The number of hydrogen-bond donors (Lipinski definition) is 3. The van der Waals surface area contributed by atoms with Gasteiger partial charge in [0.15, 0.2) is 0 Å². The van der Waals surface area contributed by atoms with Crippen LogP contribution < -0.4 is 5.76 Å². The number of hydrogen-bond acceptors (Lipinski definition) is 5. The molecule has 174 valence electrons. The number of carbonyl (C=O) groups is 2. The Balaban J connectivity index is 0.000000414. The number of likely N-dealkylation sites (N-methyl/N-ethyl adjacent to an activating group) is 1. The zero-order chi connectivity index (χ0) is 24.2. The second-order valence-electron chi connectivity index (χ2n) is 7.09. The minimum absolute atomic E-state index is 0.357. The summed E-state index contributed by atoms with van der Waals surface area (Å²) in [4.78, 5) is 35.5. The molecule has 1 heterocycles. The number of aromatic nitrogens is 1. The quantitative estimate of drug-likeness (QED) is 0.423. The smallest absolute Gasteiger partial charge is 0.416 e. The molecule has 3 aromatic rings. The number of benzene rings is 2. The summed E-state index contributed by atoms with van der Waals surface area (Å²) < 4.78 is 19.2. The van der Waals surface area contributed by atoms with Gasteiger partial charge in [-0.15, -0.1) is 0 Å². The van der Waals surface area contributed by atoms with Gasteiger partial charge in [0.25, 0.3) is 0 Å². The average Bonchev–Trinajstić information content (AvgIpc) is 3.16. The van der Waals surface area contributed by atoms with Crippen molar-refractivity contribution in [1.82, 2.24) is 9.88 Å². The van der Waals surface area contributed by atoms with E-state index in [1.807, 2.05) is 25.2 Å². The Morgan fingerprint density at radius 2 is 1.55 bits per heavy atom. The number of carboxylic acid groups (broad SMARTS) is 2. The molecular formula is C24H25FN2O6. The van der Waals surface area contributed by atoms with Crippen LogP contribution >= 0.6 is 0 Å². The number of rotatable bonds is 9. The molecule has 3 rings (SSSR count). The van der Waals surface area contributed by atoms with Crippen LogP contribution in [0, 0.1) is 5.82 Å². The summed E-state index contributed by atoms with van der Waals surface area (Å²) in [5.74, 6) is -2.96. The summed E-state index contributed by atoms with van der Waals surface area (Å²) >= 11 is 0. The van der Waals surface area contributed by atoms with Gasteiger partial charge >= 0.3 is 17.7 Å². The lowest BCUT2D eigenvalue weighted by atomic mass is 10.1. The van der Waals surface area contributed by atoms with E-state index in [1.165, 1.54) is 11.6 Å². The lowest BCUT2D eigenvalue weighted by Crippen LogP contribution is -2.23. The van der Waals surface area contributed by atoms with Gasteiger partial charge < -0.3 is 19.5 Å². The summed E-state index contributed by atoms with van der Waals surface area (Å²) in [5, 5.41) is 15.6. The fourth-order valence-electron chi connectivity index (χ4n) is 2.93. The third-order valence-corrected chi connectivity index (χ3v) is 4.58. The predicted molar refractivity (Wildman–Crippen MR) is 120 cm³/mol. The molecule has 0 saturated carbocycles. The number of aliphatic carboxylic acids is 2. The molecule has 3 N–H and O–H groups in total. The van der Waals surface area contributed by atoms with Crippen LogP contribution in [0.4, 0.5) is 4.39 Å². The second kappa shape index (κ2) is 12.8. The van der Waals surface area contributed by atoms with Crippen molar-refractivity contribution >= 4 is 11.9 Å². The molecule has 9 heteroatoms. The lowest BCUT2D eigenvalue weighted by molar-refractivity contribution is -0.134. The zero-order valence-corrected chi connectivity index (χ0v) is 18.0. The summed E-state index contributed by atoms with van der Waals surface area (Å²) in [7, 11) is 2.02. The van der Waals surface area contributed by atoms with Crippen LogP contribution in [-0.2, 0) is 22.4 Å². The minimum atomic E-state index is -1.26. The van der Waals surface area contributed by atoms with Crippen molar-refractivity contribution in [1.29, 1.82) is 0 Å². The van der Waals surface area contributed by atoms with Crippen molar-refractivity contribution in [2.24, 2.45) is 0 Å². The first kappa shape index (κ1) is 25.3. The van der Waals surface area contributed by atoms with E-state index in [9.17, 15) is 18.8 Å². The Bertz CT molecular complexity index is 1120. The Labute approximate surface area is 189 Å². The van der Waals surface area contributed by atoms with Gasteiger partial charge in [0.05, 0.1) is 5.69 Å². The first-order chi connectivity index (χ1) is 15.8. The molecule has 0 aliphatic rings. The number of nitrogens with zero attached hydrogens (tertiary/aromatic N) is 1. The maximum atomic E-state index is 14.0. The van der Waals surface area contributed by atoms with Crippen LogP contribution in [0.1, 0.15) is 11.3 Å². The van der Waals surface area contributed by atoms with Gasteiger partial charge in [0, 0.05) is 37.2 Å². The van der Waals surface area contributed by atoms with E-state index in [4.69, 9.17) is 14.6 Å². The highest BCUT2D eigenvalue weighted by atomic mass is 19.1. The van der Waals surface area contributed by atoms with E-state index in [1.54, 1.807) is 18.2 Å². The average molecular weight is 456 g/mol. The maximum Gasteiger partial charge on any atom is 0.416 e. The topological polar surface area (TPSA) is 124 Å². The molecule has 0 amide bonds. The van der Waals surface area contributed by atoms with E-state index in [-0.39, 0.29) is 5.82 Å². The van der Waals surface area contributed by atoms with Crippen molar-refractivity contribution < 1.29 is 28.6 Å². The Morgan fingerprint density at radius 1 is 0.970 bits per heavy atom. The van der Waals surface area contributed by atoms with Crippen molar-refractivity contribution in [3.63, 3.8) is 0 Å². The molecule has 0 aliphatic heterocycles. The third kappa shape index (κ3) is 8.96. The van der Waals surface area contributed by atoms with Crippen LogP contribution in [0.2, 0.25) is 0 Å².